The first kappa shape index (κ1) is 30.8. The summed E-state index contributed by atoms with van der Waals surface area (Å²) < 4.78 is 42.7. The zero-order valence-electron chi connectivity index (χ0n) is 27.1. The Labute approximate surface area is 275 Å². The van der Waals surface area contributed by atoms with Crippen molar-refractivity contribution in [3.63, 3.8) is 0 Å². The summed E-state index contributed by atoms with van der Waals surface area (Å²) in [4.78, 5) is 10.7. The molecule has 3 aromatic heterocycles. The topological polar surface area (TPSA) is 113 Å². The van der Waals surface area contributed by atoms with Crippen LogP contribution < -0.4 is 9.47 Å². The van der Waals surface area contributed by atoms with Crippen molar-refractivity contribution in [2.75, 3.05) is 27.3 Å². The minimum absolute atomic E-state index is 0.228. The van der Waals surface area contributed by atoms with Gasteiger partial charge in [0.25, 0.3) is 0 Å². The van der Waals surface area contributed by atoms with E-state index in [9.17, 15) is 8.42 Å². The number of aromatic amines is 1. The number of piperidine rings is 1. The third-order valence-electron chi connectivity index (χ3n) is 9.46. The molecule has 1 unspecified atom stereocenters. The molecule has 1 aliphatic carbocycles. The Kier molecular flexibility index (Phi) is 7.91. The molecule has 0 amide bonds. The summed E-state index contributed by atoms with van der Waals surface area (Å²) in [6.07, 6.45) is 11.5. The van der Waals surface area contributed by atoms with Crippen molar-refractivity contribution in [3.05, 3.63) is 95.5 Å². The Balaban J connectivity index is 1.42. The van der Waals surface area contributed by atoms with Crippen molar-refractivity contribution in [1.29, 1.82) is 5.41 Å². The van der Waals surface area contributed by atoms with E-state index in [1.54, 1.807) is 38.6 Å². The maximum absolute atomic E-state index is 14.8. The number of H-pyrrole nitrogens is 1. The van der Waals surface area contributed by atoms with E-state index in [1.807, 2.05) is 61.1 Å². The van der Waals surface area contributed by atoms with Crippen LogP contribution in [0, 0.1) is 12.3 Å². The zero-order valence-corrected chi connectivity index (χ0v) is 27.9. The zero-order chi connectivity index (χ0) is 32.9. The molecule has 1 saturated heterocycles. The van der Waals surface area contributed by atoms with E-state index >= 15 is 0 Å². The van der Waals surface area contributed by atoms with Gasteiger partial charge in [0.15, 0.2) is 21.3 Å². The minimum Gasteiger partial charge on any atom is -0.493 e. The Hall–Kier alpha value is -4.83. The maximum atomic E-state index is 14.8. The fourth-order valence-electron chi connectivity index (χ4n) is 6.95. The number of aryl methyl sites for hydroxylation is 2. The molecule has 9 nitrogen and oxygen atoms in total. The highest BCUT2D eigenvalue weighted by Gasteiger charge is 2.37. The number of sulfone groups is 1. The lowest BCUT2D eigenvalue weighted by Gasteiger charge is -2.33. The Bertz CT molecular complexity index is 2190. The van der Waals surface area contributed by atoms with Crippen LogP contribution >= 0.6 is 0 Å². The van der Waals surface area contributed by atoms with Crippen LogP contribution in [0.25, 0.3) is 33.2 Å². The quantitative estimate of drug-likeness (QED) is 0.183. The molecule has 4 heterocycles. The molecule has 10 heteroatoms. The van der Waals surface area contributed by atoms with E-state index in [0.29, 0.717) is 45.8 Å². The number of aromatic nitrogens is 3. The van der Waals surface area contributed by atoms with Crippen molar-refractivity contribution in [2.45, 2.75) is 42.8 Å². The largest absolute Gasteiger partial charge is 0.493 e. The van der Waals surface area contributed by atoms with Gasteiger partial charge in [-0.3, -0.25) is 0 Å². The summed E-state index contributed by atoms with van der Waals surface area (Å²) in [5.74, 6) is 1.26. The van der Waals surface area contributed by atoms with Crippen LogP contribution in [0.15, 0.2) is 89.2 Å². The SMILES string of the molecule is COc1cc2c(-c3cc4c(C(C5=CC(N6CCCCC6)=CCC5=N)S(=O)(=O)c5ccc(C)cc5)ccnc4[nH]3)cn(C)c2cc1OC. The van der Waals surface area contributed by atoms with E-state index in [-0.39, 0.29) is 4.90 Å². The average Bonchev–Trinajstić information content (AvgIpc) is 3.66. The molecule has 1 fully saturated rings. The number of likely N-dealkylation sites (tertiary alicyclic amines) is 1. The molecule has 2 aliphatic rings. The van der Waals surface area contributed by atoms with Crippen molar-refractivity contribution < 1.29 is 17.9 Å². The number of allylic oxidation sites excluding steroid dienone is 2. The molecule has 0 spiro atoms. The summed E-state index contributed by atoms with van der Waals surface area (Å²) in [7, 11) is 1.22. The number of fused-ring (bicyclic) bond motifs is 2. The first-order chi connectivity index (χ1) is 22.7. The third-order valence-corrected chi connectivity index (χ3v) is 11.5. The lowest BCUT2D eigenvalue weighted by atomic mass is 9.92. The van der Waals surface area contributed by atoms with Crippen molar-refractivity contribution in [3.8, 4) is 22.8 Å². The molecule has 1 atom stereocenters. The first-order valence-corrected chi connectivity index (χ1v) is 17.5. The summed E-state index contributed by atoms with van der Waals surface area (Å²) in [6.45, 7) is 3.80. The fourth-order valence-corrected chi connectivity index (χ4v) is 8.82. The van der Waals surface area contributed by atoms with Crippen LogP contribution in [0.5, 0.6) is 11.5 Å². The van der Waals surface area contributed by atoms with Crippen LogP contribution in [-0.4, -0.2) is 60.9 Å². The number of ether oxygens (including phenoxy) is 2. The smallest absolute Gasteiger partial charge is 0.189 e. The van der Waals surface area contributed by atoms with Crippen LogP contribution in [0.2, 0.25) is 0 Å². The normalized spacial score (nSPS) is 16.3. The highest BCUT2D eigenvalue weighted by Crippen LogP contribution is 2.43. The molecule has 1 aliphatic heterocycles. The number of methoxy groups -OCH3 is 2. The van der Waals surface area contributed by atoms with E-state index in [1.165, 1.54) is 6.42 Å². The second-order valence-electron chi connectivity index (χ2n) is 12.4. The predicted octanol–water partition coefficient (Wildman–Crippen LogP) is 7.28. The van der Waals surface area contributed by atoms with Gasteiger partial charge in [-0.05, 0) is 73.7 Å². The molecule has 0 radical (unpaired) electrons. The van der Waals surface area contributed by atoms with Gasteiger partial charge in [-0.25, -0.2) is 13.4 Å². The number of nitrogens with zero attached hydrogens (tertiary/aromatic N) is 3. The summed E-state index contributed by atoms with van der Waals surface area (Å²) in [6, 6.07) is 14.7. The van der Waals surface area contributed by atoms with E-state index in [0.717, 1.165) is 59.4 Å². The molecule has 2 N–H and O–H groups in total. The molecule has 5 aromatic rings. The molecule has 242 valence electrons. The Morgan fingerprint density at radius 1 is 0.957 bits per heavy atom. The highest BCUT2D eigenvalue weighted by atomic mass is 32.2. The standard InChI is InChI=1S/C37H39N5O4S/c1-23-8-11-25(12-9-23)47(43,44)36(29-18-24(10-13-31(29)38)42-16-6-5-7-17-42)26-14-15-39-37-28(26)19-32(40-37)30-22-41(2)33-21-35(46-4)34(45-3)20-27(30)33/h8-12,14-15,18-22,36,38H,5-7,13,16-17H2,1-4H3,(H,39,40). The van der Waals surface area contributed by atoms with Gasteiger partial charge in [0, 0.05) is 78.5 Å². The van der Waals surface area contributed by atoms with Gasteiger partial charge in [0.05, 0.1) is 24.6 Å². The van der Waals surface area contributed by atoms with Crippen LogP contribution in [0.4, 0.5) is 0 Å². The maximum Gasteiger partial charge on any atom is 0.189 e. The van der Waals surface area contributed by atoms with E-state index < -0.39 is 15.1 Å². The number of pyridine rings is 1. The lowest BCUT2D eigenvalue weighted by molar-refractivity contribution is 0.292. The third kappa shape index (κ3) is 5.40. The molecule has 7 rings (SSSR count). The second kappa shape index (κ2) is 12.1. The van der Waals surface area contributed by atoms with E-state index in [2.05, 4.69) is 20.9 Å². The Morgan fingerprint density at radius 3 is 2.40 bits per heavy atom. The van der Waals surface area contributed by atoms with Crippen molar-refractivity contribution in [2.24, 2.45) is 7.05 Å². The number of rotatable bonds is 8. The second-order valence-corrected chi connectivity index (χ2v) is 14.5. The summed E-state index contributed by atoms with van der Waals surface area (Å²) in [5, 5.41) is 9.63. The monoisotopic (exact) mass is 649 g/mol. The van der Waals surface area contributed by atoms with Gasteiger partial charge in [0.1, 0.15) is 10.9 Å². The highest BCUT2D eigenvalue weighted by molar-refractivity contribution is 7.92. The van der Waals surface area contributed by atoms with Gasteiger partial charge in [-0.15, -0.1) is 0 Å². The average molecular weight is 650 g/mol. The summed E-state index contributed by atoms with van der Waals surface area (Å²) in [5.41, 5.74) is 6.64. The van der Waals surface area contributed by atoms with Gasteiger partial charge >= 0.3 is 0 Å². The van der Waals surface area contributed by atoms with Crippen LogP contribution in [0.1, 0.15) is 42.1 Å². The molecule has 0 bridgehead atoms. The van der Waals surface area contributed by atoms with Crippen molar-refractivity contribution in [1.82, 2.24) is 19.4 Å². The van der Waals surface area contributed by atoms with Crippen LogP contribution in [-0.2, 0) is 16.9 Å². The number of hydrogen-bond donors (Lipinski definition) is 2. The molecule has 0 saturated carbocycles. The molecule has 47 heavy (non-hydrogen) atoms. The van der Waals surface area contributed by atoms with Gasteiger partial charge in [-0.1, -0.05) is 23.8 Å². The summed E-state index contributed by atoms with van der Waals surface area (Å²) >= 11 is 0. The number of benzene rings is 2. The predicted molar refractivity (Wildman–Crippen MR) is 186 cm³/mol. The Morgan fingerprint density at radius 2 is 1.68 bits per heavy atom. The van der Waals surface area contributed by atoms with E-state index in [4.69, 9.17) is 14.9 Å². The lowest BCUT2D eigenvalue weighted by Crippen LogP contribution is -2.31. The van der Waals surface area contributed by atoms with Crippen molar-refractivity contribution >= 4 is 37.5 Å². The fraction of sp³-hybridized carbons (Fsp3) is 0.297. The molecule has 2 aromatic carbocycles. The number of hydrogen-bond acceptors (Lipinski definition) is 7. The van der Waals surface area contributed by atoms with Gasteiger partial charge in [-0.2, -0.15) is 0 Å². The minimum atomic E-state index is -3.98. The molecular weight excluding hydrogens is 611 g/mol. The molecular formula is C37H39N5O4S. The van der Waals surface area contributed by atoms with Gasteiger partial charge < -0.3 is 29.3 Å². The van der Waals surface area contributed by atoms with Gasteiger partial charge in [0.2, 0.25) is 0 Å². The van der Waals surface area contributed by atoms with Crippen LogP contribution in [0.3, 0.4) is 0 Å². The first-order valence-electron chi connectivity index (χ1n) is 15.9. The number of nitrogens with one attached hydrogen (secondary N) is 2.